The maximum absolute atomic E-state index is 13.9. The highest BCUT2D eigenvalue weighted by Crippen LogP contribution is 2.24. The number of nitrogens with one attached hydrogen (secondary N) is 1. The Balaban J connectivity index is 1.63. The Morgan fingerprint density at radius 3 is 2.39 bits per heavy atom. The van der Waals surface area contributed by atoms with Crippen molar-refractivity contribution in [3.8, 4) is 5.75 Å². The molecular formula is C32H37BrN2O3. The quantitative estimate of drug-likeness (QED) is 0.301. The molecule has 0 heterocycles. The van der Waals surface area contributed by atoms with Gasteiger partial charge in [-0.1, -0.05) is 77.3 Å². The third kappa shape index (κ3) is 7.47. The standard InChI is InChI=1S/C32H37BrN2O3/c1-22-16-23(2)24(3)30(17-22)38-21-31(36)35(20-26-12-9-13-27(33)18-26)29(19-25-10-5-4-6-11-25)32(37)34-28-14-7-8-15-28/h4-6,9-13,16-18,28-29H,7-8,14-15,19-21H2,1-3H3,(H,34,37). The first-order valence-corrected chi connectivity index (χ1v) is 14.2. The van der Waals surface area contributed by atoms with Crippen LogP contribution in [0.25, 0.3) is 0 Å². The SMILES string of the molecule is Cc1cc(C)c(C)c(OCC(=O)N(Cc2cccc(Br)c2)C(Cc2ccccc2)C(=O)NC2CCCC2)c1. The van der Waals surface area contributed by atoms with E-state index < -0.39 is 6.04 Å². The Kier molecular flexibility index (Phi) is 9.62. The molecular weight excluding hydrogens is 540 g/mol. The maximum Gasteiger partial charge on any atom is 0.261 e. The topological polar surface area (TPSA) is 58.6 Å². The van der Waals surface area contributed by atoms with Gasteiger partial charge in [0.25, 0.3) is 5.91 Å². The van der Waals surface area contributed by atoms with E-state index in [0.717, 1.165) is 58.0 Å². The lowest BCUT2D eigenvalue weighted by Gasteiger charge is -2.32. The summed E-state index contributed by atoms with van der Waals surface area (Å²) in [4.78, 5) is 29.3. The van der Waals surface area contributed by atoms with E-state index in [4.69, 9.17) is 4.74 Å². The van der Waals surface area contributed by atoms with Crippen molar-refractivity contribution in [3.63, 3.8) is 0 Å². The molecule has 0 spiro atoms. The Hall–Kier alpha value is -3.12. The average Bonchev–Trinajstić information content (AvgIpc) is 3.41. The van der Waals surface area contributed by atoms with E-state index in [1.165, 1.54) is 0 Å². The summed E-state index contributed by atoms with van der Waals surface area (Å²) in [5.41, 5.74) is 5.18. The number of nitrogens with zero attached hydrogens (tertiary/aromatic N) is 1. The molecule has 3 aromatic carbocycles. The number of halogens is 1. The molecule has 1 aliphatic carbocycles. The van der Waals surface area contributed by atoms with Crippen molar-refractivity contribution < 1.29 is 14.3 Å². The number of aryl methyl sites for hydroxylation is 2. The first-order valence-electron chi connectivity index (χ1n) is 13.4. The Morgan fingerprint density at radius 1 is 0.974 bits per heavy atom. The second kappa shape index (κ2) is 13.1. The summed E-state index contributed by atoms with van der Waals surface area (Å²) in [5, 5.41) is 3.25. The second-order valence-corrected chi connectivity index (χ2v) is 11.3. The lowest BCUT2D eigenvalue weighted by molar-refractivity contribution is -0.143. The molecule has 1 N–H and O–H groups in total. The van der Waals surface area contributed by atoms with Crippen LogP contribution >= 0.6 is 15.9 Å². The molecule has 2 amide bonds. The van der Waals surface area contributed by atoms with Gasteiger partial charge in [-0.15, -0.1) is 0 Å². The van der Waals surface area contributed by atoms with E-state index in [2.05, 4.69) is 27.3 Å². The summed E-state index contributed by atoms with van der Waals surface area (Å²) >= 11 is 3.54. The van der Waals surface area contributed by atoms with Crippen molar-refractivity contribution in [2.24, 2.45) is 0 Å². The minimum absolute atomic E-state index is 0.105. The van der Waals surface area contributed by atoms with Gasteiger partial charge in [-0.2, -0.15) is 0 Å². The minimum atomic E-state index is -0.659. The number of hydrogen-bond acceptors (Lipinski definition) is 3. The zero-order valence-electron chi connectivity index (χ0n) is 22.5. The van der Waals surface area contributed by atoms with Crippen LogP contribution in [0.15, 0.2) is 71.2 Å². The molecule has 3 aromatic rings. The molecule has 5 nitrogen and oxygen atoms in total. The Bertz CT molecular complexity index is 1250. The van der Waals surface area contributed by atoms with Crippen LogP contribution in [-0.4, -0.2) is 35.4 Å². The zero-order chi connectivity index (χ0) is 27.1. The van der Waals surface area contributed by atoms with Crippen LogP contribution < -0.4 is 10.1 Å². The Labute approximate surface area is 234 Å². The molecule has 0 bridgehead atoms. The van der Waals surface area contributed by atoms with Gasteiger partial charge in [-0.3, -0.25) is 9.59 Å². The fraction of sp³-hybridized carbons (Fsp3) is 0.375. The second-order valence-electron chi connectivity index (χ2n) is 10.3. The Morgan fingerprint density at radius 2 is 1.68 bits per heavy atom. The first-order chi connectivity index (χ1) is 18.3. The highest BCUT2D eigenvalue weighted by Gasteiger charge is 2.32. The molecule has 1 fully saturated rings. The van der Waals surface area contributed by atoms with Crippen LogP contribution in [0.2, 0.25) is 0 Å². The van der Waals surface area contributed by atoms with Crippen LogP contribution in [0, 0.1) is 20.8 Å². The van der Waals surface area contributed by atoms with Gasteiger partial charge in [0, 0.05) is 23.5 Å². The van der Waals surface area contributed by atoms with Crippen LogP contribution in [0.3, 0.4) is 0 Å². The molecule has 0 aliphatic heterocycles. The predicted octanol–water partition coefficient (Wildman–Crippen LogP) is 6.45. The van der Waals surface area contributed by atoms with Crippen molar-refractivity contribution >= 4 is 27.7 Å². The normalized spacial score (nSPS) is 14.2. The van der Waals surface area contributed by atoms with Gasteiger partial charge in [0.1, 0.15) is 11.8 Å². The number of ether oxygens (including phenoxy) is 1. The van der Waals surface area contributed by atoms with E-state index in [-0.39, 0.29) is 24.5 Å². The van der Waals surface area contributed by atoms with Gasteiger partial charge in [-0.25, -0.2) is 0 Å². The summed E-state index contributed by atoms with van der Waals surface area (Å²) < 4.78 is 7.01. The third-order valence-corrected chi connectivity index (χ3v) is 7.82. The highest BCUT2D eigenvalue weighted by molar-refractivity contribution is 9.10. The van der Waals surface area contributed by atoms with Crippen LogP contribution in [0.5, 0.6) is 5.75 Å². The summed E-state index contributed by atoms with van der Waals surface area (Å²) in [6.07, 6.45) is 4.65. The molecule has 0 aromatic heterocycles. The molecule has 1 saturated carbocycles. The number of carbonyl (C=O) groups excluding carboxylic acids is 2. The fourth-order valence-corrected chi connectivity index (χ4v) is 5.57. The van der Waals surface area contributed by atoms with E-state index in [1.54, 1.807) is 4.90 Å². The smallest absolute Gasteiger partial charge is 0.261 e. The van der Waals surface area contributed by atoms with Crippen LogP contribution in [-0.2, 0) is 22.6 Å². The molecule has 4 rings (SSSR count). The number of hydrogen-bond donors (Lipinski definition) is 1. The van der Waals surface area contributed by atoms with Crippen molar-refractivity contribution in [2.45, 2.75) is 71.5 Å². The van der Waals surface area contributed by atoms with Gasteiger partial charge in [0.15, 0.2) is 6.61 Å². The van der Waals surface area contributed by atoms with Gasteiger partial charge in [-0.05, 0) is 79.6 Å². The molecule has 200 valence electrons. The lowest BCUT2D eigenvalue weighted by atomic mass is 10.0. The lowest BCUT2D eigenvalue weighted by Crippen LogP contribution is -2.53. The molecule has 1 unspecified atom stereocenters. The van der Waals surface area contributed by atoms with E-state index in [1.807, 2.05) is 81.4 Å². The summed E-state index contributed by atoms with van der Waals surface area (Å²) in [7, 11) is 0. The van der Waals surface area contributed by atoms with Crippen LogP contribution in [0.4, 0.5) is 0 Å². The van der Waals surface area contributed by atoms with Gasteiger partial charge in [0.2, 0.25) is 5.91 Å². The molecule has 0 radical (unpaired) electrons. The van der Waals surface area contributed by atoms with Crippen molar-refractivity contribution in [1.29, 1.82) is 0 Å². The molecule has 6 heteroatoms. The van der Waals surface area contributed by atoms with Gasteiger partial charge < -0.3 is 15.0 Å². The summed E-state index contributed by atoms with van der Waals surface area (Å²) in [6, 6.07) is 21.3. The zero-order valence-corrected chi connectivity index (χ0v) is 24.1. The third-order valence-electron chi connectivity index (χ3n) is 7.33. The summed E-state index contributed by atoms with van der Waals surface area (Å²) in [5.74, 6) is 0.381. The van der Waals surface area contributed by atoms with E-state index in [0.29, 0.717) is 18.7 Å². The maximum atomic E-state index is 13.9. The monoisotopic (exact) mass is 576 g/mol. The van der Waals surface area contributed by atoms with Gasteiger partial charge >= 0.3 is 0 Å². The fourth-order valence-electron chi connectivity index (χ4n) is 5.13. The van der Waals surface area contributed by atoms with Crippen LogP contribution in [0.1, 0.15) is 53.5 Å². The molecule has 1 aliphatic rings. The first kappa shape index (κ1) is 27.9. The van der Waals surface area contributed by atoms with Gasteiger partial charge in [0.05, 0.1) is 0 Å². The molecule has 0 saturated heterocycles. The number of benzene rings is 3. The van der Waals surface area contributed by atoms with E-state index in [9.17, 15) is 9.59 Å². The average molecular weight is 578 g/mol. The van der Waals surface area contributed by atoms with Crippen molar-refractivity contribution in [2.75, 3.05) is 6.61 Å². The number of carbonyl (C=O) groups is 2. The summed E-state index contributed by atoms with van der Waals surface area (Å²) in [6.45, 7) is 6.23. The van der Waals surface area contributed by atoms with Crippen molar-refractivity contribution in [1.82, 2.24) is 10.2 Å². The highest BCUT2D eigenvalue weighted by atomic mass is 79.9. The number of amides is 2. The van der Waals surface area contributed by atoms with Crippen molar-refractivity contribution in [3.05, 3.63) is 99.0 Å². The molecule has 1 atom stereocenters. The van der Waals surface area contributed by atoms with E-state index >= 15 is 0 Å². The minimum Gasteiger partial charge on any atom is -0.483 e. The predicted molar refractivity (Wildman–Crippen MR) is 155 cm³/mol. The largest absolute Gasteiger partial charge is 0.483 e. The molecule has 38 heavy (non-hydrogen) atoms. The number of rotatable bonds is 10.